The SMILES string of the molecule is CCOCC(N)c1cc(OC)c(OC)c(OC)c1. The smallest absolute Gasteiger partial charge is 0.203 e. The van der Waals surface area contributed by atoms with Crippen molar-refractivity contribution < 1.29 is 18.9 Å². The molecular formula is C13H21NO4. The maximum Gasteiger partial charge on any atom is 0.203 e. The number of rotatable bonds is 7. The van der Waals surface area contributed by atoms with E-state index in [0.29, 0.717) is 30.5 Å². The molecule has 0 saturated carbocycles. The van der Waals surface area contributed by atoms with Crippen LogP contribution in [0.25, 0.3) is 0 Å². The topological polar surface area (TPSA) is 62.9 Å². The lowest BCUT2D eigenvalue weighted by molar-refractivity contribution is 0.133. The molecule has 1 atom stereocenters. The summed E-state index contributed by atoms with van der Waals surface area (Å²) < 4.78 is 21.1. The van der Waals surface area contributed by atoms with E-state index < -0.39 is 0 Å². The lowest BCUT2D eigenvalue weighted by atomic mass is 10.1. The van der Waals surface area contributed by atoms with Gasteiger partial charge in [-0.25, -0.2) is 0 Å². The zero-order chi connectivity index (χ0) is 13.5. The van der Waals surface area contributed by atoms with E-state index in [1.165, 1.54) is 0 Å². The van der Waals surface area contributed by atoms with E-state index in [4.69, 9.17) is 24.7 Å². The van der Waals surface area contributed by atoms with Gasteiger partial charge in [-0.05, 0) is 24.6 Å². The van der Waals surface area contributed by atoms with Gasteiger partial charge in [-0.2, -0.15) is 0 Å². The van der Waals surface area contributed by atoms with Crippen LogP contribution in [0, 0.1) is 0 Å². The van der Waals surface area contributed by atoms with Gasteiger partial charge in [0.05, 0.1) is 34.0 Å². The minimum absolute atomic E-state index is 0.223. The molecule has 0 aliphatic carbocycles. The van der Waals surface area contributed by atoms with Crippen molar-refractivity contribution in [3.63, 3.8) is 0 Å². The fourth-order valence-electron chi connectivity index (χ4n) is 1.66. The van der Waals surface area contributed by atoms with Gasteiger partial charge in [-0.3, -0.25) is 0 Å². The molecule has 1 unspecified atom stereocenters. The first-order valence-corrected chi connectivity index (χ1v) is 5.81. The van der Waals surface area contributed by atoms with E-state index in [2.05, 4.69) is 0 Å². The second-order valence-electron chi connectivity index (χ2n) is 3.72. The molecule has 0 saturated heterocycles. The van der Waals surface area contributed by atoms with E-state index in [9.17, 15) is 0 Å². The average molecular weight is 255 g/mol. The summed E-state index contributed by atoms with van der Waals surface area (Å²) in [6.45, 7) is 3.02. The largest absolute Gasteiger partial charge is 0.493 e. The number of nitrogens with two attached hydrogens (primary N) is 1. The van der Waals surface area contributed by atoms with Crippen molar-refractivity contribution in [1.82, 2.24) is 0 Å². The number of benzene rings is 1. The Bertz CT molecular complexity index is 356. The van der Waals surface area contributed by atoms with Gasteiger partial charge in [0.2, 0.25) is 5.75 Å². The van der Waals surface area contributed by atoms with E-state index in [-0.39, 0.29) is 6.04 Å². The third-order valence-corrected chi connectivity index (χ3v) is 2.62. The van der Waals surface area contributed by atoms with Gasteiger partial charge in [0.25, 0.3) is 0 Å². The van der Waals surface area contributed by atoms with Crippen molar-refractivity contribution in [2.24, 2.45) is 5.73 Å². The molecule has 18 heavy (non-hydrogen) atoms. The van der Waals surface area contributed by atoms with Crippen molar-refractivity contribution in [3.05, 3.63) is 17.7 Å². The highest BCUT2D eigenvalue weighted by molar-refractivity contribution is 5.54. The molecule has 0 aliphatic heterocycles. The molecule has 0 aliphatic rings. The summed E-state index contributed by atoms with van der Waals surface area (Å²) in [6.07, 6.45) is 0. The van der Waals surface area contributed by atoms with Crippen molar-refractivity contribution in [2.75, 3.05) is 34.5 Å². The monoisotopic (exact) mass is 255 g/mol. The highest BCUT2D eigenvalue weighted by atomic mass is 16.5. The number of hydrogen-bond acceptors (Lipinski definition) is 5. The predicted octanol–water partition coefficient (Wildman–Crippen LogP) is 1.75. The average Bonchev–Trinajstić information content (AvgIpc) is 2.42. The van der Waals surface area contributed by atoms with Crippen LogP contribution >= 0.6 is 0 Å². The summed E-state index contributed by atoms with van der Waals surface area (Å²) in [5, 5.41) is 0. The predicted molar refractivity (Wildman–Crippen MR) is 69.5 cm³/mol. The molecule has 0 aromatic heterocycles. The Kier molecular flexibility index (Phi) is 5.74. The van der Waals surface area contributed by atoms with E-state index >= 15 is 0 Å². The Balaban J connectivity index is 3.06. The van der Waals surface area contributed by atoms with Crippen LogP contribution in [-0.2, 0) is 4.74 Å². The zero-order valence-electron chi connectivity index (χ0n) is 11.4. The molecule has 0 spiro atoms. The molecular weight excluding hydrogens is 234 g/mol. The van der Waals surface area contributed by atoms with E-state index in [1.54, 1.807) is 21.3 Å². The minimum Gasteiger partial charge on any atom is -0.493 e. The molecule has 0 amide bonds. The molecule has 1 aromatic carbocycles. The summed E-state index contributed by atoms with van der Waals surface area (Å²) >= 11 is 0. The van der Waals surface area contributed by atoms with Crippen LogP contribution in [0.1, 0.15) is 18.5 Å². The van der Waals surface area contributed by atoms with E-state index in [0.717, 1.165) is 5.56 Å². The normalized spacial score (nSPS) is 12.1. The first kappa shape index (κ1) is 14.6. The first-order valence-electron chi connectivity index (χ1n) is 5.81. The summed E-state index contributed by atoms with van der Waals surface area (Å²) in [4.78, 5) is 0. The Morgan fingerprint density at radius 1 is 1.06 bits per heavy atom. The van der Waals surface area contributed by atoms with Gasteiger partial charge >= 0.3 is 0 Å². The zero-order valence-corrected chi connectivity index (χ0v) is 11.4. The fraction of sp³-hybridized carbons (Fsp3) is 0.538. The standard InChI is InChI=1S/C13H21NO4/c1-5-18-8-10(14)9-6-11(15-2)13(17-4)12(7-9)16-3/h6-7,10H,5,8,14H2,1-4H3. The van der Waals surface area contributed by atoms with Crippen molar-refractivity contribution in [3.8, 4) is 17.2 Å². The van der Waals surface area contributed by atoms with Gasteiger partial charge in [-0.15, -0.1) is 0 Å². The quantitative estimate of drug-likeness (QED) is 0.804. The number of ether oxygens (including phenoxy) is 4. The summed E-state index contributed by atoms with van der Waals surface area (Å²) in [6, 6.07) is 3.45. The summed E-state index contributed by atoms with van der Waals surface area (Å²) in [5.41, 5.74) is 6.93. The van der Waals surface area contributed by atoms with Crippen LogP contribution in [-0.4, -0.2) is 34.5 Å². The minimum atomic E-state index is -0.223. The highest BCUT2D eigenvalue weighted by Crippen LogP contribution is 2.39. The molecule has 0 radical (unpaired) electrons. The van der Waals surface area contributed by atoms with Gasteiger partial charge in [-0.1, -0.05) is 0 Å². The molecule has 0 fully saturated rings. The Labute approximate surface area is 108 Å². The molecule has 5 heteroatoms. The Morgan fingerprint density at radius 3 is 2.00 bits per heavy atom. The number of methoxy groups -OCH3 is 3. The van der Waals surface area contributed by atoms with Crippen molar-refractivity contribution >= 4 is 0 Å². The van der Waals surface area contributed by atoms with Gasteiger partial charge in [0, 0.05) is 6.61 Å². The second-order valence-corrected chi connectivity index (χ2v) is 3.72. The van der Waals surface area contributed by atoms with Crippen molar-refractivity contribution in [1.29, 1.82) is 0 Å². The maximum absolute atomic E-state index is 6.04. The fourth-order valence-corrected chi connectivity index (χ4v) is 1.66. The summed E-state index contributed by atoms with van der Waals surface area (Å²) in [5.74, 6) is 1.75. The van der Waals surface area contributed by atoms with Crippen LogP contribution in [0.5, 0.6) is 17.2 Å². The third kappa shape index (κ3) is 3.27. The molecule has 5 nitrogen and oxygen atoms in total. The van der Waals surface area contributed by atoms with Crippen LogP contribution in [0.2, 0.25) is 0 Å². The summed E-state index contributed by atoms with van der Waals surface area (Å²) in [7, 11) is 4.73. The van der Waals surface area contributed by atoms with Crippen LogP contribution < -0.4 is 19.9 Å². The van der Waals surface area contributed by atoms with Gasteiger partial charge < -0.3 is 24.7 Å². The third-order valence-electron chi connectivity index (χ3n) is 2.62. The molecule has 0 bridgehead atoms. The Morgan fingerprint density at radius 2 is 1.61 bits per heavy atom. The lowest BCUT2D eigenvalue weighted by Gasteiger charge is -2.17. The Hall–Kier alpha value is -1.46. The molecule has 0 heterocycles. The maximum atomic E-state index is 6.04. The number of hydrogen-bond donors (Lipinski definition) is 1. The van der Waals surface area contributed by atoms with Crippen LogP contribution in [0.15, 0.2) is 12.1 Å². The highest BCUT2D eigenvalue weighted by Gasteiger charge is 2.16. The molecule has 1 rings (SSSR count). The van der Waals surface area contributed by atoms with Gasteiger partial charge in [0.1, 0.15) is 0 Å². The second kappa shape index (κ2) is 7.08. The van der Waals surface area contributed by atoms with Gasteiger partial charge in [0.15, 0.2) is 11.5 Å². The molecule has 102 valence electrons. The molecule has 2 N–H and O–H groups in total. The lowest BCUT2D eigenvalue weighted by Crippen LogP contribution is -2.17. The van der Waals surface area contributed by atoms with Crippen LogP contribution in [0.3, 0.4) is 0 Å². The van der Waals surface area contributed by atoms with E-state index in [1.807, 2.05) is 19.1 Å². The first-order chi connectivity index (χ1) is 8.67. The molecule has 1 aromatic rings. The van der Waals surface area contributed by atoms with Crippen LogP contribution in [0.4, 0.5) is 0 Å². The van der Waals surface area contributed by atoms with Crippen molar-refractivity contribution in [2.45, 2.75) is 13.0 Å².